The second-order valence-electron chi connectivity index (χ2n) is 2.84. The van der Waals surface area contributed by atoms with Gasteiger partial charge in [-0.15, -0.1) is 10.1 Å². The molecule has 1 aliphatic heterocycles. The van der Waals surface area contributed by atoms with Gasteiger partial charge >= 0.3 is 5.09 Å². The lowest BCUT2D eigenvalue weighted by molar-refractivity contribution is -0.792. The van der Waals surface area contributed by atoms with E-state index >= 15 is 0 Å². The molecule has 0 aliphatic carbocycles. The molecule has 8 nitrogen and oxygen atoms in total. The summed E-state index contributed by atoms with van der Waals surface area (Å²) in [6.07, 6.45) is 0. The first-order valence-electron chi connectivity index (χ1n) is 3.96. The fraction of sp³-hybridized carbons (Fsp3) is 0. The average molecular weight is 244 g/mol. The predicted octanol–water partition coefficient (Wildman–Crippen LogP) is -0.0456. The van der Waals surface area contributed by atoms with Crippen LogP contribution < -0.4 is 0 Å². The Bertz CT molecular complexity index is 580. The fourth-order valence-corrected chi connectivity index (χ4v) is 2.63. The highest BCUT2D eigenvalue weighted by Gasteiger charge is 2.43. The lowest BCUT2D eigenvalue weighted by Gasteiger charge is -2.09. The summed E-state index contributed by atoms with van der Waals surface area (Å²) in [6.45, 7) is 0. The van der Waals surface area contributed by atoms with Crippen molar-refractivity contribution in [2.75, 3.05) is 0 Å². The molecule has 1 aromatic rings. The van der Waals surface area contributed by atoms with Crippen LogP contribution in [0.25, 0.3) is 0 Å². The third-order valence-corrected chi connectivity index (χ3v) is 3.50. The van der Waals surface area contributed by atoms with Gasteiger partial charge in [-0.1, -0.05) is 16.6 Å². The monoisotopic (exact) mass is 244 g/mol. The van der Waals surface area contributed by atoms with Crippen LogP contribution in [0.4, 0.5) is 0 Å². The normalized spacial score (nSPS) is 17.0. The first-order valence-corrected chi connectivity index (χ1v) is 5.40. The van der Waals surface area contributed by atoms with Crippen molar-refractivity contribution in [2.24, 2.45) is 0 Å². The highest BCUT2D eigenvalue weighted by Crippen LogP contribution is 2.29. The van der Waals surface area contributed by atoms with Gasteiger partial charge in [0.2, 0.25) is 0 Å². The lowest BCUT2D eigenvalue weighted by Crippen LogP contribution is -2.32. The highest BCUT2D eigenvalue weighted by atomic mass is 32.2. The first-order chi connectivity index (χ1) is 7.44. The number of sulfonamides is 1. The lowest BCUT2D eigenvalue weighted by atomic mass is 10.2. The molecule has 9 heteroatoms. The summed E-state index contributed by atoms with van der Waals surface area (Å²) in [6, 6.07) is 5.27. The fourth-order valence-electron chi connectivity index (χ4n) is 1.31. The standard InChI is InChI=1S/C7H4N2O6S/c10-7-5-3-1-2-4-6(5)16(13,14)8(7)15-9(11)12/h1-4H. The molecule has 0 saturated carbocycles. The zero-order chi connectivity index (χ0) is 11.9. The Morgan fingerprint density at radius 1 is 1.31 bits per heavy atom. The Hall–Kier alpha value is -2.16. The van der Waals surface area contributed by atoms with Crippen molar-refractivity contribution in [3.05, 3.63) is 39.9 Å². The van der Waals surface area contributed by atoms with Gasteiger partial charge in [0.05, 0.1) is 5.56 Å². The molecule has 0 radical (unpaired) electrons. The summed E-state index contributed by atoms with van der Waals surface area (Å²) in [7, 11) is -4.27. The maximum Gasteiger partial charge on any atom is 0.318 e. The van der Waals surface area contributed by atoms with Crippen LogP contribution in [0.2, 0.25) is 0 Å². The Morgan fingerprint density at radius 2 is 1.94 bits per heavy atom. The Labute approximate surface area is 89.1 Å². The number of rotatable bonds is 2. The van der Waals surface area contributed by atoms with Gasteiger partial charge in [0, 0.05) is 0 Å². The van der Waals surface area contributed by atoms with Crippen molar-refractivity contribution in [1.82, 2.24) is 4.47 Å². The van der Waals surface area contributed by atoms with Crippen LogP contribution in [0.5, 0.6) is 0 Å². The van der Waals surface area contributed by atoms with Crippen LogP contribution in [0.1, 0.15) is 10.4 Å². The summed E-state index contributed by atoms with van der Waals surface area (Å²) in [5, 5.41) is 8.70. The van der Waals surface area contributed by atoms with Crippen LogP contribution >= 0.6 is 0 Å². The number of fused-ring (bicyclic) bond motifs is 1. The SMILES string of the molecule is O=C1c2ccccc2S(=O)(=O)N1O[N+](=O)[O-]. The van der Waals surface area contributed by atoms with Gasteiger partial charge in [0.1, 0.15) is 4.90 Å². The van der Waals surface area contributed by atoms with Crippen molar-refractivity contribution in [1.29, 1.82) is 0 Å². The summed E-state index contributed by atoms with van der Waals surface area (Å²) >= 11 is 0. The first kappa shape index (κ1) is 10.4. The molecule has 84 valence electrons. The average Bonchev–Trinajstić information content (AvgIpc) is 2.41. The molecule has 0 bridgehead atoms. The number of carbonyl (C=O) groups excluding carboxylic acids is 1. The minimum atomic E-state index is -4.27. The van der Waals surface area contributed by atoms with Gasteiger partial charge < -0.3 is 0 Å². The molecular weight excluding hydrogens is 240 g/mol. The van der Waals surface area contributed by atoms with Gasteiger partial charge in [-0.3, -0.25) is 4.79 Å². The number of nitrogens with zero attached hydrogens (tertiary/aromatic N) is 2. The molecule has 16 heavy (non-hydrogen) atoms. The zero-order valence-corrected chi connectivity index (χ0v) is 8.38. The number of hydrogen-bond donors (Lipinski definition) is 0. The van der Waals surface area contributed by atoms with Crippen molar-refractivity contribution < 1.29 is 23.2 Å². The minimum absolute atomic E-state index is 0.149. The number of hydrogen-bond acceptors (Lipinski definition) is 6. The van der Waals surface area contributed by atoms with E-state index < -0.39 is 21.0 Å². The maximum atomic E-state index is 11.6. The van der Waals surface area contributed by atoms with E-state index in [-0.39, 0.29) is 14.9 Å². The van der Waals surface area contributed by atoms with Crippen LogP contribution in [-0.4, -0.2) is 23.9 Å². The molecule has 0 atom stereocenters. The molecule has 0 N–H and O–H groups in total. The van der Waals surface area contributed by atoms with Gasteiger partial charge in [-0.25, -0.2) is 0 Å². The van der Waals surface area contributed by atoms with E-state index in [9.17, 15) is 23.3 Å². The molecule has 0 fully saturated rings. The molecular formula is C7H4N2O6S. The van der Waals surface area contributed by atoms with E-state index in [1.165, 1.54) is 24.3 Å². The number of hydroxylamine groups is 1. The molecule has 1 amide bonds. The van der Waals surface area contributed by atoms with E-state index in [1.54, 1.807) is 0 Å². The summed E-state index contributed by atoms with van der Waals surface area (Å²) in [5.41, 5.74) is -0.149. The number of carbonyl (C=O) groups is 1. The number of amides is 1. The van der Waals surface area contributed by atoms with Crippen LogP contribution in [0.15, 0.2) is 29.2 Å². The third-order valence-electron chi connectivity index (χ3n) is 1.92. The topological polar surface area (TPSA) is 107 Å². The largest absolute Gasteiger partial charge is 0.318 e. The Balaban J connectivity index is 2.58. The quantitative estimate of drug-likeness (QED) is 0.533. The summed E-state index contributed by atoms with van der Waals surface area (Å²) < 4.78 is 23.0. The predicted molar refractivity (Wildman–Crippen MR) is 47.9 cm³/mol. The molecule has 0 aromatic heterocycles. The zero-order valence-electron chi connectivity index (χ0n) is 7.56. The van der Waals surface area contributed by atoms with Gasteiger partial charge in [-0.05, 0) is 12.1 Å². The molecule has 1 heterocycles. The smallest absolute Gasteiger partial charge is 0.266 e. The van der Waals surface area contributed by atoms with Crippen LogP contribution in [0, 0.1) is 10.1 Å². The van der Waals surface area contributed by atoms with E-state index in [4.69, 9.17) is 0 Å². The molecule has 0 spiro atoms. The summed E-state index contributed by atoms with van der Waals surface area (Å²) in [5.74, 6) is -1.08. The van der Waals surface area contributed by atoms with E-state index in [1.807, 2.05) is 0 Å². The van der Waals surface area contributed by atoms with E-state index in [2.05, 4.69) is 4.94 Å². The van der Waals surface area contributed by atoms with E-state index in [0.29, 0.717) is 0 Å². The second kappa shape index (κ2) is 3.17. The van der Waals surface area contributed by atoms with E-state index in [0.717, 1.165) is 0 Å². The molecule has 0 saturated heterocycles. The maximum absolute atomic E-state index is 11.6. The van der Waals surface area contributed by atoms with Gasteiger partial charge in [-0.2, -0.15) is 13.4 Å². The van der Waals surface area contributed by atoms with Crippen molar-refractivity contribution in [2.45, 2.75) is 4.90 Å². The van der Waals surface area contributed by atoms with Crippen LogP contribution in [0.3, 0.4) is 0 Å². The third kappa shape index (κ3) is 1.29. The molecule has 1 aromatic carbocycles. The Morgan fingerprint density at radius 3 is 2.50 bits per heavy atom. The van der Waals surface area contributed by atoms with Crippen molar-refractivity contribution >= 4 is 15.9 Å². The van der Waals surface area contributed by atoms with Gasteiger partial charge in [0.25, 0.3) is 15.9 Å². The second-order valence-corrected chi connectivity index (χ2v) is 4.56. The molecule has 1 aliphatic rings. The highest BCUT2D eigenvalue weighted by molar-refractivity contribution is 7.90. The number of benzene rings is 1. The van der Waals surface area contributed by atoms with Crippen molar-refractivity contribution in [3.63, 3.8) is 0 Å². The van der Waals surface area contributed by atoms with Gasteiger partial charge in [0.15, 0.2) is 0 Å². The molecule has 0 unspecified atom stereocenters. The Kier molecular flexibility index (Phi) is 2.05. The molecule has 2 rings (SSSR count). The van der Waals surface area contributed by atoms with Crippen LogP contribution in [-0.2, 0) is 15.0 Å². The minimum Gasteiger partial charge on any atom is -0.266 e. The van der Waals surface area contributed by atoms with Crippen molar-refractivity contribution in [3.8, 4) is 0 Å². The summed E-state index contributed by atoms with van der Waals surface area (Å²) in [4.78, 5) is 25.0.